The average Bonchev–Trinajstić information content (AvgIpc) is 2.69. The van der Waals surface area contributed by atoms with Crippen LogP contribution < -0.4 is 10.2 Å². The van der Waals surface area contributed by atoms with Crippen LogP contribution in [0, 0.1) is 11.8 Å². The summed E-state index contributed by atoms with van der Waals surface area (Å²) in [5.74, 6) is -0.429. The van der Waals surface area contributed by atoms with E-state index in [1.54, 1.807) is 6.42 Å². The number of fused-ring (bicyclic) bond motifs is 6. The Labute approximate surface area is 181 Å². The minimum absolute atomic E-state index is 0. The van der Waals surface area contributed by atoms with E-state index in [2.05, 4.69) is 23.0 Å². The van der Waals surface area contributed by atoms with Crippen molar-refractivity contribution in [2.24, 2.45) is 11.8 Å². The smallest absolute Gasteiger partial charge is 0.545 e. The summed E-state index contributed by atoms with van der Waals surface area (Å²) in [7, 11) is 0. The Kier molecular flexibility index (Phi) is 11.2. The van der Waals surface area contributed by atoms with Crippen molar-refractivity contribution in [1.82, 2.24) is 9.80 Å². The Morgan fingerprint density at radius 3 is 1.46 bits per heavy atom. The minimum atomic E-state index is -1.23. The van der Waals surface area contributed by atoms with Gasteiger partial charge in [-0.2, -0.15) is 0 Å². The average molecular weight is 442 g/mol. The molecule has 0 aliphatic carbocycles. The Bertz CT molecular complexity index is 496. The Morgan fingerprint density at radius 1 is 0.786 bits per heavy atom. The summed E-state index contributed by atoms with van der Waals surface area (Å²) in [5.41, 5.74) is 0. The summed E-state index contributed by atoms with van der Waals surface area (Å²) in [6.07, 6.45) is 11.9. The van der Waals surface area contributed by atoms with Crippen LogP contribution in [0.1, 0.15) is 44.9 Å². The third-order valence-corrected chi connectivity index (χ3v) is 6.29. The first-order valence-electron chi connectivity index (χ1n) is 10.1. The molecule has 0 aromatic heterocycles. The quantitative estimate of drug-likeness (QED) is 0.449. The molecule has 4 atom stereocenters. The Balaban J connectivity index is 0.000000303. The van der Waals surface area contributed by atoms with Crippen LogP contribution in [0.25, 0.3) is 0 Å². The van der Waals surface area contributed by atoms with Crippen molar-refractivity contribution in [2.45, 2.75) is 57.0 Å². The van der Waals surface area contributed by atoms with E-state index in [1.807, 2.05) is 0 Å². The van der Waals surface area contributed by atoms with E-state index in [4.69, 9.17) is 19.8 Å². The molecule has 4 aliphatic rings. The number of carbonyl (C=O) groups excluding carboxylic acids is 2. The van der Waals surface area contributed by atoms with Gasteiger partial charge < -0.3 is 19.8 Å². The standard InChI is InChI=1S/C15H26N2.2C3H4O2.Zn/c1-3-7-16-11-13-9-12(14(16)5-1)10-17-8-4-2-6-15(13)17;2*1-2-3(4)5;/h12-15H,1-11H2;2*2H,1H2,(H,4,5);/q;;;+2/p-2/t12-,13-,14-,15+;;;/m0.../s1. The van der Waals surface area contributed by atoms with Gasteiger partial charge in [0.05, 0.1) is 11.9 Å². The molecular formula is C21H32N2O4Zn. The van der Waals surface area contributed by atoms with Gasteiger partial charge >= 0.3 is 19.5 Å². The van der Waals surface area contributed by atoms with Gasteiger partial charge in [-0.1, -0.05) is 26.0 Å². The molecule has 2 bridgehead atoms. The number of hydrogen-bond acceptors (Lipinski definition) is 6. The fourth-order valence-corrected chi connectivity index (χ4v) is 5.25. The fourth-order valence-electron chi connectivity index (χ4n) is 5.25. The first-order valence-corrected chi connectivity index (χ1v) is 10.1. The number of hydrogen-bond donors (Lipinski definition) is 0. The van der Waals surface area contributed by atoms with Crippen LogP contribution in [0.2, 0.25) is 0 Å². The van der Waals surface area contributed by atoms with Crippen molar-refractivity contribution in [3.8, 4) is 0 Å². The maximum Gasteiger partial charge on any atom is 2.00 e. The number of rotatable bonds is 2. The number of carboxylic acid groups (broad SMARTS) is 2. The van der Waals surface area contributed by atoms with E-state index in [-0.39, 0.29) is 19.5 Å². The van der Waals surface area contributed by atoms with E-state index < -0.39 is 11.9 Å². The summed E-state index contributed by atoms with van der Waals surface area (Å²) in [5, 5.41) is 18.3. The summed E-state index contributed by atoms with van der Waals surface area (Å²) in [4.78, 5) is 24.0. The maximum absolute atomic E-state index is 9.14. The molecule has 6 nitrogen and oxygen atoms in total. The van der Waals surface area contributed by atoms with Gasteiger partial charge in [0, 0.05) is 25.2 Å². The molecule has 7 heteroatoms. The number of aliphatic carboxylic acids is 2. The van der Waals surface area contributed by atoms with Gasteiger partial charge in [-0.05, 0) is 69.2 Å². The van der Waals surface area contributed by atoms with Gasteiger partial charge in [0.15, 0.2) is 0 Å². The summed E-state index contributed by atoms with van der Waals surface area (Å²) < 4.78 is 0. The molecule has 0 N–H and O–H groups in total. The van der Waals surface area contributed by atoms with Crippen molar-refractivity contribution in [2.75, 3.05) is 26.2 Å². The predicted octanol–water partition coefficient (Wildman–Crippen LogP) is 0.187. The van der Waals surface area contributed by atoms with E-state index in [0.717, 1.165) is 36.1 Å². The second-order valence-electron chi connectivity index (χ2n) is 7.92. The number of carbonyl (C=O) groups is 2. The topological polar surface area (TPSA) is 86.7 Å². The molecule has 0 aromatic rings. The van der Waals surface area contributed by atoms with Gasteiger partial charge in [0.25, 0.3) is 0 Å². The Hall–Kier alpha value is -1.04. The Morgan fingerprint density at radius 2 is 1.14 bits per heavy atom. The third kappa shape index (κ3) is 7.09. The number of nitrogens with zero attached hydrogens (tertiary/aromatic N) is 2. The molecule has 0 spiro atoms. The molecule has 4 saturated heterocycles. The molecule has 0 saturated carbocycles. The molecule has 4 fully saturated rings. The van der Waals surface area contributed by atoms with Crippen LogP contribution in [0.15, 0.2) is 25.3 Å². The first-order chi connectivity index (χ1) is 13.0. The van der Waals surface area contributed by atoms with Crippen LogP contribution in [-0.4, -0.2) is 60.0 Å². The summed E-state index contributed by atoms with van der Waals surface area (Å²) in [6, 6.07) is 1.92. The molecule has 28 heavy (non-hydrogen) atoms. The first kappa shape index (κ1) is 25.0. The number of carboxylic acids is 2. The second-order valence-corrected chi connectivity index (χ2v) is 7.92. The van der Waals surface area contributed by atoms with Crippen LogP contribution in [0.4, 0.5) is 0 Å². The monoisotopic (exact) mass is 440 g/mol. The van der Waals surface area contributed by atoms with Crippen molar-refractivity contribution in [1.29, 1.82) is 0 Å². The molecule has 0 radical (unpaired) electrons. The van der Waals surface area contributed by atoms with Gasteiger partial charge in [-0.3, -0.25) is 9.80 Å². The summed E-state index contributed by atoms with van der Waals surface area (Å²) in [6.45, 7) is 11.5. The summed E-state index contributed by atoms with van der Waals surface area (Å²) >= 11 is 0. The maximum atomic E-state index is 9.14. The van der Waals surface area contributed by atoms with Gasteiger partial charge in [0.1, 0.15) is 0 Å². The van der Waals surface area contributed by atoms with Gasteiger partial charge in [-0.15, -0.1) is 0 Å². The fraction of sp³-hybridized carbons (Fsp3) is 0.714. The number of piperidine rings is 4. The zero-order valence-electron chi connectivity index (χ0n) is 16.9. The molecule has 0 aromatic carbocycles. The predicted molar refractivity (Wildman–Crippen MR) is 100 cm³/mol. The van der Waals surface area contributed by atoms with Crippen LogP contribution >= 0.6 is 0 Å². The van der Waals surface area contributed by atoms with E-state index in [1.165, 1.54) is 64.7 Å². The largest absolute Gasteiger partial charge is 2.00 e. The van der Waals surface area contributed by atoms with Crippen LogP contribution in [-0.2, 0) is 29.1 Å². The molecule has 4 aliphatic heterocycles. The molecule has 0 amide bonds. The zero-order valence-corrected chi connectivity index (χ0v) is 19.9. The zero-order chi connectivity index (χ0) is 19.8. The third-order valence-electron chi connectivity index (χ3n) is 6.29. The molecule has 4 rings (SSSR count). The molecule has 152 valence electrons. The second kappa shape index (κ2) is 12.5. The van der Waals surface area contributed by atoms with Crippen molar-refractivity contribution in [3.63, 3.8) is 0 Å². The van der Waals surface area contributed by atoms with Crippen molar-refractivity contribution < 1.29 is 39.3 Å². The van der Waals surface area contributed by atoms with Crippen LogP contribution in [0.5, 0.6) is 0 Å². The van der Waals surface area contributed by atoms with Crippen molar-refractivity contribution in [3.05, 3.63) is 25.3 Å². The molecule has 0 unspecified atom stereocenters. The van der Waals surface area contributed by atoms with E-state index in [0.29, 0.717) is 0 Å². The minimum Gasteiger partial charge on any atom is -0.545 e. The normalized spacial score (nSPS) is 31.0. The molecular weight excluding hydrogens is 410 g/mol. The van der Waals surface area contributed by atoms with Crippen molar-refractivity contribution >= 4 is 11.9 Å². The van der Waals surface area contributed by atoms with Crippen LogP contribution in [0.3, 0.4) is 0 Å². The van der Waals surface area contributed by atoms with Gasteiger partial charge in [-0.25, -0.2) is 0 Å². The molecule has 4 heterocycles. The van der Waals surface area contributed by atoms with E-state index >= 15 is 0 Å². The van der Waals surface area contributed by atoms with E-state index in [9.17, 15) is 0 Å². The van der Waals surface area contributed by atoms with Gasteiger partial charge in [0.2, 0.25) is 0 Å². The SMILES string of the molecule is C1CCN2C[C@@H]3C[C@@H](CN4CCCC[C@@H]34)[C@H]2C1.C=CC(=O)[O-].C=CC(=O)[O-].[Zn+2].